The van der Waals surface area contributed by atoms with Crippen LogP contribution in [0.5, 0.6) is 0 Å². The van der Waals surface area contributed by atoms with Crippen LogP contribution < -0.4 is 10.6 Å². The zero-order valence-electron chi connectivity index (χ0n) is 16.5. The number of nitrogens with zero attached hydrogens (tertiary/aromatic N) is 1. The van der Waals surface area contributed by atoms with E-state index in [1.165, 1.54) is 19.2 Å². The highest BCUT2D eigenvalue weighted by molar-refractivity contribution is 5.99. The summed E-state index contributed by atoms with van der Waals surface area (Å²) in [5, 5.41) is 16.7. The van der Waals surface area contributed by atoms with Gasteiger partial charge < -0.3 is 20.1 Å². The monoisotopic (exact) mass is 401 g/mol. The van der Waals surface area contributed by atoms with Gasteiger partial charge in [0.25, 0.3) is 11.6 Å². The zero-order chi connectivity index (χ0) is 21.4. The number of nitro groups is 1. The van der Waals surface area contributed by atoms with E-state index in [-0.39, 0.29) is 11.3 Å². The summed E-state index contributed by atoms with van der Waals surface area (Å²) in [6.45, 7) is 4.00. The van der Waals surface area contributed by atoms with Crippen LogP contribution in [0.4, 0.5) is 17.1 Å². The number of aryl methyl sites for hydroxylation is 2. The molecule has 0 unspecified atom stereocenters. The number of amides is 1. The number of carbonyl (C=O) groups excluding carboxylic acids is 2. The molecule has 2 aromatic carbocycles. The standard InChI is InChI=1S/C20H23N3O6/c1-13-4-5-14(2)18(10-13)22-19(24)12-29-20(25)16-11-15(23(26)27)6-7-17(16)21-8-9-28-3/h4-7,10-11,21H,8-9,12H2,1-3H3,(H,22,24). The van der Waals surface area contributed by atoms with Crippen LogP contribution in [0.2, 0.25) is 0 Å². The number of hydrogen-bond donors (Lipinski definition) is 2. The summed E-state index contributed by atoms with van der Waals surface area (Å²) in [4.78, 5) is 35.0. The Morgan fingerprint density at radius 1 is 1.10 bits per heavy atom. The first-order chi connectivity index (χ1) is 13.8. The minimum atomic E-state index is -0.843. The van der Waals surface area contributed by atoms with E-state index in [1.807, 2.05) is 32.0 Å². The van der Waals surface area contributed by atoms with Gasteiger partial charge >= 0.3 is 5.97 Å². The van der Waals surface area contributed by atoms with Crippen molar-refractivity contribution in [2.45, 2.75) is 13.8 Å². The van der Waals surface area contributed by atoms with Crippen LogP contribution in [-0.4, -0.2) is 43.7 Å². The zero-order valence-corrected chi connectivity index (χ0v) is 16.5. The molecule has 2 rings (SSSR count). The molecule has 2 N–H and O–H groups in total. The van der Waals surface area contributed by atoms with E-state index >= 15 is 0 Å². The van der Waals surface area contributed by atoms with E-state index in [1.54, 1.807) is 0 Å². The Balaban J connectivity index is 2.08. The highest BCUT2D eigenvalue weighted by Crippen LogP contribution is 2.23. The third-order valence-corrected chi connectivity index (χ3v) is 4.06. The Morgan fingerprint density at radius 2 is 1.86 bits per heavy atom. The first kappa shape index (κ1) is 21.8. The summed E-state index contributed by atoms with van der Waals surface area (Å²) in [5.41, 5.74) is 2.55. The summed E-state index contributed by atoms with van der Waals surface area (Å²) in [6, 6.07) is 9.41. The van der Waals surface area contributed by atoms with Crippen molar-refractivity contribution in [2.75, 3.05) is 37.5 Å². The van der Waals surface area contributed by atoms with E-state index in [2.05, 4.69) is 10.6 Å². The number of nitrogens with one attached hydrogen (secondary N) is 2. The van der Waals surface area contributed by atoms with Gasteiger partial charge in [-0.05, 0) is 37.1 Å². The van der Waals surface area contributed by atoms with Crippen molar-refractivity contribution in [1.29, 1.82) is 0 Å². The molecule has 0 aliphatic heterocycles. The highest BCUT2D eigenvalue weighted by Gasteiger charge is 2.19. The molecule has 0 spiro atoms. The normalized spacial score (nSPS) is 10.3. The van der Waals surface area contributed by atoms with E-state index in [4.69, 9.17) is 9.47 Å². The maximum atomic E-state index is 12.5. The summed E-state index contributed by atoms with van der Waals surface area (Å²) >= 11 is 0. The van der Waals surface area contributed by atoms with Gasteiger partial charge in [0, 0.05) is 37.2 Å². The molecule has 0 heterocycles. The Morgan fingerprint density at radius 3 is 2.55 bits per heavy atom. The van der Waals surface area contributed by atoms with Crippen molar-refractivity contribution >= 4 is 28.9 Å². The lowest BCUT2D eigenvalue weighted by Crippen LogP contribution is -2.22. The van der Waals surface area contributed by atoms with Crippen LogP contribution >= 0.6 is 0 Å². The van der Waals surface area contributed by atoms with Gasteiger partial charge in [-0.15, -0.1) is 0 Å². The number of hydrogen-bond acceptors (Lipinski definition) is 7. The van der Waals surface area contributed by atoms with Crippen molar-refractivity contribution in [3.63, 3.8) is 0 Å². The molecular weight excluding hydrogens is 378 g/mol. The smallest absolute Gasteiger partial charge is 0.341 e. The number of non-ortho nitro benzene ring substituents is 1. The molecule has 2 aromatic rings. The second-order valence-corrected chi connectivity index (χ2v) is 6.35. The molecule has 0 aliphatic carbocycles. The van der Waals surface area contributed by atoms with Gasteiger partial charge in [-0.25, -0.2) is 4.79 Å². The molecule has 0 radical (unpaired) electrons. The predicted molar refractivity (Wildman–Crippen MR) is 108 cm³/mol. The van der Waals surface area contributed by atoms with Crippen LogP contribution in [0.15, 0.2) is 36.4 Å². The molecule has 0 fully saturated rings. The third kappa shape index (κ3) is 6.28. The number of methoxy groups -OCH3 is 1. The Labute approximate surface area is 168 Å². The van der Waals surface area contributed by atoms with Crippen LogP contribution in [0.3, 0.4) is 0 Å². The van der Waals surface area contributed by atoms with Crippen LogP contribution in [0, 0.1) is 24.0 Å². The number of rotatable bonds is 9. The molecule has 9 heteroatoms. The maximum absolute atomic E-state index is 12.5. The minimum absolute atomic E-state index is 0.0326. The number of anilines is 2. The molecular formula is C20H23N3O6. The Kier molecular flexibility index (Phi) is 7.67. The lowest BCUT2D eigenvalue weighted by molar-refractivity contribution is -0.384. The van der Waals surface area contributed by atoms with Crippen molar-refractivity contribution in [3.8, 4) is 0 Å². The second-order valence-electron chi connectivity index (χ2n) is 6.35. The fraction of sp³-hybridized carbons (Fsp3) is 0.300. The van der Waals surface area contributed by atoms with Gasteiger partial charge in [-0.2, -0.15) is 0 Å². The summed E-state index contributed by atoms with van der Waals surface area (Å²) in [7, 11) is 1.53. The fourth-order valence-electron chi connectivity index (χ4n) is 2.52. The average Bonchev–Trinajstić information content (AvgIpc) is 2.69. The van der Waals surface area contributed by atoms with Gasteiger partial charge in [0.2, 0.25) is 0 Å². The lowest BCUT2D eigenvalue weighted by Gasteiger charge is -2.12. The molecule has 0 saturated heterocycles. The van der Waals surface area contributed by atoms with Gasteiger partial charge in [0.15, 0.2) is 6.61 Å². The summed E-state index contributed by atoms with van der Waals surface area (Å²) < 4.78 is 10.0. The summed E-state index contributed by atoms with van der Waals surface area (Å²) in [5.74, 6) is -1.35. The van der Waals surface area contributed by atoms with Crippen LogP contribution in [0.25, 0.3) is 0 Å². The molecule has 0 aromatic heterocycles. The van der Waals surface area contributed by atoms with Crippen molar-refractivity contribution < 1.29 is 24.0 Å². The maximum Gasteiger partial charge on any atom is 0.341 e. The van der Waals surface area contributed by atoms with Crippen molar-refractivity contribution in [3.05, 3.63) is 63.2 Å². The van der Waals surface area contributed by atoms with Crippen molar-refractivity contribution in [2.24, 2.45) is 0 Å². The molecule has 29 heavy (non-hydrogen) atoms. The number of nitro benzene ring substituents is 1. The van der Waals surface area contributed by atoms with E-state index in [0.29, 0.717) is 24.5 Å². The molecule has 0 atom stereocenters. The number of ether oxygens (including phenoxy) is 2. The first-order valence-corrected chi connectivity index (χ1v) is 8.87. The molecule has 0 bridgehead atoms. The van der Waals surface area contributed by atoms with Crippen LogP contribution in [0.1, 0.15) is 21.5 Å². The third-order valence-electron chi connectivity index (χ3n) is 4.06. The average molecular weight is 401 g/mol. The minimum Gasteiger partial charge on any atom is -0.452 e. The second kappa shape index (κ2) is 10.2. The molecule has 0 aliphatic rings. The van der Waals surface area contributed by atoms with Gasteiger partial charge in [-0.3, -0.25) is 14.9 Å². The fourth-order valence-corrected chi connectivity index (χ4v) is 2.52. The van der Waals surface area contributed by atoms with Gasteiger partial charge in [0.1, 0.15) is 0 Å². The predicted octanol–water partition coefficient (Wildman–Crippen LogP) is 3.07. The number of benzene rings is 2. The topological polar surface area (TPSA) is 120 Å². The molecule has 1 amide bonds. The molecule has 9 nitrogen and oxygen atoms in total. The number of carbonyl (C=O) groups is 2. The van der Waals surface area contributed by atoms with E-state index < -0.39 is 23.4 Å². The van der Waals surface area contributed by atoms with E-state index in [0.717, 1.165) is 17.2 Å². The highest BCUT2D eigenvalue weighted by atomic mass is 16.6. The summed E-state index contributed by atoms with van der Waals surface area (Å²) in [6.07, 6.45) is 0. The Hall–Kier alpha value is -3.46. The largest absolute Gasteiger partial charge is 0.452 e. The Bertz CT molecular complexity index is 913. The van der Waals surface area contributed by atoms with E-state index in [9.17, 15) is 19.7 Å². The SMILES string of the molecule is COCCNc1ccc([N+](=O)[O-])cc1C(=O)OCC(=O)Nc1cc(C)ccc1C. The molecule has 0 saturated carbocycles. The number of esters is 1. The quantitative estimate of drug-likeness (QED) is 0.287. The molecule has 154 valence electrons. The van der Waals surface area contributed by atoms with Gasteiger partial charge in [-0.1, -0.05) is 12.1 Å². The van der Waals surface area contributed by atoms with Crippen molar-refractivity contribution in [1.82, 2.24) is 0 Å². The van der Waals surface area contributed by atoms with Gasteiger partial charge in [0.05, 0.1) is 17.1 Å². The first-order valence-electron chi connectivity index (χ1n) is 8.87. The van der Waals surface area contributed by atoms with Crippen LogP contribution in [-0.2, 0) is 14.3 Å². The lowest BCUT2D eigenvalue weighted by atomic mass is 10.1.